The summed E-state index contributed by atoms with van der Waals surface area (Å²) in [6.07, 6.45) is 6.26. The highest BCUT2D eigenvalue weighted by molar-refractivity contribution is 5.39. The fourth-order valence-corrected chi connectivity index (χ4v) is 2.90. The van der Waals surface area contributed by atoms with Gasteiger partial charge >= 0.3 is 0 Å². The molecule has 0 radical (unpaired) electrons. The van der Waals surface area contributed by atoms with Gasteiger partial charge in [-0.1, -0.05) is 6.07 Å². The highest BCUT2D eigenvalue weighted by atomic mass is 16.5. The molecule has 1 unspecified atom stereocenters. The Morgan fingerprint density at radius 3 is 2.64 bits per heavy atom. The number of anilines is 1. The number of nitrogens with one attached hydrogen (secondary N) is 1. The number of morpholine rings is 1. The predicted molar refractivity (Wildman–Crippen MR) is 99.6 cm³/mol. The largest absolute Gasteiger partial charge is 0.375 e. The Morgan fingerprint density at radius 1 is 1.20 bits per heavy atom. The first kappa shape index (κ1) is 17.9. The van der Waals surface area contributed by atoms with E-state index in [1.165, 1.54) is 11.1 Å². The van der Waals surface area contributed by atoms with Gasteiger partial charge in [-0.2, -0.15) is 5.10 Å². The minimum atomic E-state index is 0.0228. The zero-order chi connectivity index (χ0) is 17.9. The van der Waals surface area contributed by atoms with Crippen LogP contribution >= 0.6 is 0 Å². The van der Waals surface area contributed by atoms with Crippen LogP contribution in [0.25, 0.3) is 0 Å². The molecule has 2 aromatic rings. The third-order valence-electron chi connectivity index (χ3n) is 4.36. The Hall–Kier alpha value is -1.92. The van der Waals surface area contributed by atoms with E-state index in [0.717, 1.165) is 38.6 Å². The van der Waals surface area contributed by atoms with Gasteiger partial charge in [-0.15, -0.1) is 0 Å². The van der Waals surface area contributed by atoms with E-state index in [9.17, 15) is 0 Å². The number of pyridine rings is 1. The van der Waals surface area contributed by atoms with Crippen LogP contribution in [0.1, 0.15) is 38.8 Å². The van der Waals surface area contributed by atoms with E-state index < -0.39 is 0 Å². The maximum absolute atomic E-state index is 5.58. The van der Waals surface area contributed by atoms with E-state index in [1.807, 2.05) is 17.1 Å². The second-order valence-electron chi connectivity index (χ2n) is 7.72. The smallest absolute Gasteiger partial charge is 0.128 e. The Labute approximate surface area is 150 Å². The van der Waals surface area contributed by atoms with Gasteiger partial charge in [0.25, 0.3) is 0 Å². The van der Waals surface area contributed by atoms with Crippen molar-refractivity contribution < 1.29 is 4.74 Å². The lowest BCUT2D eigenvalue weighted by Gasteiger charge is -2.32. The summed E-state index contributed by atoms with van der Waals surface area (Å²) >= 11 is 0. The maximum atomic E-state index is 5.58. The monoisotopic (exact) mass is 343 g/mol. The molecule has 1 N–H and O–H groups in total. The highest BCUT2D eigenvalue weighted by Crippen LogP contribution is 2.16. The van der Waals surface area contributed by atoms with Crippen molar-refractivity contribution in [2.45, 2.75) is 52.4 Å². The first-order chi connectivity index (χ1) is 11.9. The molecule has 0 amide bonds. The fourth-order valence-electron chi connectivity index (χ4n) is 2.90. The number of rotatable bonds is 5. The van der Waals surface area contributed by atoms with Crippen molar-refractivity contribution in [3.63, 3.8) is 0 Å². The van der Waals surface area contributed by atoms with Crippen molar-refractivity contribution in [3.8, 4) is 0 Å². The van der Waals surface area contributed by atoms with E-state index in [1.54, 1.807) is 0 Å². The average Bonchev–Trinajstić information content (AvgIpc) is 3.05. The topological polar surface area (TPSA) is 55.2 Å². The lowest BCUT2D eigenvalue weighted by molar-refractivity contribution is 0.0529. The van der Waals surface area contributed by atoms with Crippen molar-refractivity contribution in [1.29, 1.82) is 0 Å². The molecule has 0 bridgehead atoms. The maximum Gasteiger partial charge on any atom is 0.128 e. The normalized spacial score (nSPS) is 18.6. The minimum absolute atomic E-state index is 0.0228. The third kappa shape index (κ3) is 4.80. The predicted octanol–water partition coefficient (Wildman–Crippen LogP) is 2.55. The van der Waals surface area contributed by atoms with Crippen LogP contribution in [-0.2, 0) is 23.4 Å². The SMILES string of the molecule is CC1CN(c2ccc(CNCc3cnn(C(C)(C)C)c3)cn2)CCO1. The van der Waals surface area contributed by atoms with Gasteiger partial charge in [0, 0.05) is 44.1 Å². The molecule has 6 heteroatoms. The summed E-state index contributed by atoms with van der Waals surface area (Å²) in [7, 11) is 0. The highest BCUT2D eigenvalue weighted by Gasteiger charge is 2.17. The third-order valence-corrected chi connectivity index (χ3v) is 4.36. The lowest BCUT2D eigenvalue weighted by Crippen LogP contribution is -2.41. The first-order valence-electron chi connectivity index (χ1n) is 8.98. The molecule has 6 nitrogen and oxygen atoms in total. The van der Waals surface area contributed by atoms with Crippen LogP contribution < -0.4 is 10.2 Å². The van der Waals surface area contributed by atoms with E-state index in [0.29, 0.717) is 0 Å². The second kappa shape index (κ2) is 7.54. The number of hydrogen-bond acceptors (Lipinski definition) is 5. The van der Waals surface area contributed by atoms with Gasteiger partial charge in [0.05, 0.1) is 24.4 Å². The van der Waals surface area contributed by atoms with E-state index >= 15 is 0 Å². The number of nitrogens with zero attached hydrogens (tertiary/aromatic N) is 4. The summed E-state index contributed by atoms with van der Waals surface area (Å²) in [6.45, 7) is 12.8. The van der Waals surface area contributed by atoms with Crippen LogP contribution in [0.15, 0.2) is 30.7 Å². The van der Waals surface area contributed by atoms with Gasteiger partial charge in [0.2, 0.25) is 0 Å². The van der Waals surface area contributed by atoms with Crippen molar-refractivity contribution in [2.24, 2.45) is 0 Å². The Morgan fingerprint density at radius 2 is 2.00 bits per heavy atom. The van der Waals surface area contributed by atoms with Gasteiger partial charge in [-0.05, 0) is 39.3 Å². The Kier molecular flexibility index (Phi) is 5.39. The van der Waals surface area contributed by atoms with Crippen LogP contribution in [0, 0.1) is 0 Å². The van der Waals surface area contributed by atoms with Gasteiger partial charge in [-0.25, -0.2) is 4.98 Å². The molecule has 0 aromatic carbocycles. The van der Waals surface area contributed by atoms with Gasteiger partial charge in [0.1, 0.15) is 5.82 Å². The molecular formula is C19H29N5O. The van der Waals surface area contributed by atoms with E-state index in [4.69, 9.17) is 4.74 Å². The fraction of sp³-hybridized carbons (Fsp3) is 0.579. The number of aromatic nitrogens is 3. The van der Waals surface area contributed by atoms with Crippen molar-refractivity contribution >= 4 is 5.82 Å². The van der Waals surface area contributed by atoms with Crippen LogP contribution in [0.4, 0.5) is 5.82 Å². The van der Waals surface area contributed by atoms with Crippen molar-refractivity contribution in [2.75, 3.05) is 24.6 Å². The molecule has 0 saturated carbocycles. The minimum Gasteiger partial charge on any atom is -0.375 e. The summed E-state index contributed by atoms with van der Waals surface area (Å²) in [4.78, 5) is 6.90. The Bertz CT molecular complexity index is 674. The van der Waals surface area contributed by atoms with Crippen LogP contribution in [0.5, 0.6) is 0 Å². The molecule has 25 heavy (non-hydrogen) atoms. The molecular weight excluding hydrogens is 314 g/mol. The van der Waals surface area contributed by atoms with Crippen LogP contribution in [-0.4, -0.2) is 40.6 Å². The Balaban J connectivity index is 1.49. The summed E-state index contributed by atoms with van der Waals surface area (Å²) in [6, 6.07) is 4.25. The van der Waals surface area contributed by atoms with Gasteiger partial charge in [0.15, 0.2) is 0 Å². The van der Waals surface area contributed by atoms with Crippen LogP contribution in [0.3, 0.4) is 0 Å². The zero-order valence-electron chi connectivity index (χ0n) is 15.7. The van der Waals surface area contributed by atoms with Crippen LogP contribution in [0.2, 0.25) is 0 Å². The molecule has 3 heterocycles. The molecule has 0 spiro atoms. The summed E-state index contributed by atoms with van der Waals surface area (Å²) < 4.78 is 7.59. The molecule has 1 aliphatic heterocycles. The number of ether oxygens (including phenoxy) is 1. The average molecular weight is 343 g/mol. The molecule has 1 atom stereocenters. The van der Waals surface area contributed by atoms with Gasteiger partial charge in [-0.3, -0.25) is 4.68 Å². The van der Waals surface area contributed by atoms with Gasteiger partial charge < -0.3 is 15.0 Å². The standard InChI is InChI=1S/C19H29N5O/c1-15-13-23(7-8-25-15)18-6-5-16(11-21-18)9-20-10-17-12-22-24(14-17)19(2,3)4/h5-6,11-12,14-15,20H,7-10,13H2,1-4H3. The van der Waals surface area contributed by atoms with E-state index in [2.05, 4.69) is 66.3 Å². The summed E-state index contributed by atoms with van der Waals surface area (Å²) in [5.74, 6) is 1.03. The molecule has 1 saturated heterocycles. The molecule has 3 rings (SSSR count). The quantitative estimate of drug-likeness (QED) is 0.904. The molecule has 1 fully saturated rings. The zero-order valence-corrected chi connectivity index (χ0v) is 15.7. The summed E-state index contributed by atoms with van der Waals surface area (Å²) in [5, 5.41) is 7.89. The second-order valence-corrected chi connectivity index (χ2v) is 7.72. The molecule has 0 aliphatic carbocycles. The van der Waals surface area contributed by atoms with Crippen molar-refractivity contribution in [1.82, 2.24) is 20.1 Å². The first-order valence-corrected chi connectivity index (χ1v) is 8.98. The lowest BCUT2D eigenvalue weighted by atomic mass is 10.1. The van der Waals surface area contributed by atoms with E-state index in [-0.39, 0.29) is 11.6 Å². The molecule has 2 aromatic heterocycles. The number of hydrogen-bond donors (Lipinski definition) is 1. The summed E-state index contributed by atoms with van der Waals surface area (Å²) in [5.41, 5.74) is 2.41. The molecule has 136 valence electrons. The van der Waals surface area contributed by atoms with Crippen molar-refractivity contribution in [3.05, 3.63) is 41.9 Å². The molecule has 1 aliphatic rings.